The summed E-state index contributed by atoms with van der Waals surface area (Å²) >= 11 is 0. The van der Waals surface area contributed by atoms with E-state index in [4.69, 9.17) is 0 Å². The number of H-pyrrole nitrogens is 1. The number of aromatic amines is 1. The monoisotopic (exact) mass is 347 g/mol. The van der Waals surface area contributed by atoms with Crippen molar-refractivity contribution in [3.8, 4) is 0 Å². The Labute approximate surface area is 148 Å². The Balaban J connectivity index is 1.50. The van der Waals surface area contributed by atoms with Gasteiger partial charge in [0.05, 0.1) is 29.7 Å². The number of hydrogen-bond donors (Lipinski definition) is 3. The number of amides is 1. The van der Waals surface area contributed by atoms with E-state index >= 15 is 0 Å². The van der Waals surface area contributed by atoms with Crippen LogP contribution >= 0.6 is 0 Å². The zero-order chi connectivity index (χ0) is 17.4. The molecule has 4 heterocycles. The average molecular weight is 347 g/mol. The number of β-amino-alcohol motifs (C(OH)–C–C–N with tert-alkyl or cyclic N) is 1. The lowest BCUT2D eigenvalue weighted by molar-refractivity contribution is -0.136. The molecule has 1 aromatic heterocycles. The van der Waals surface area contributed by atoms with E-state index in [-0.39, 0.29) is 17.5 Å². The summed E-state index contributed by atoms with van der Waals surface area (Å²) in [7, 11) is 0. The van der Waals surface area contributed by atoms with Crippen LogP contribution in [0.25, 0.3) is 0 Å². The maximum atomic E-state index is 12.7. The lowest BCUT2D eigenvalue weighted by Crippen LogP contribution is -2.58. The largest absolute Gasteiger partial charge is 0.392 e. The van der Waals surface area contributed by atoms with Gasteiger partial charge in [0.2, 0.25) is 5.91 Å². The quantitative estimate of drug-likeness (QED) is 0.728. The zero-order valence-corrected chi connectivity index (χ0v) is 15.0. The lowest BCUT2D eigenvalue weighted by Gasteiger charge is -2.50. The molecule has 2 fully saturated rings. The van der Waals surface area contributed by atoms with Gasteiger partial charge in [-0.2, -0.15) is 0 Å². The minimum Gasteiger partial charge on any atom is -0.392 e. The van der Waals surface area contributed by atoms with Gasteiger partial charge in [-0.1, -0.05) is 6.92 Å². The molecule has 0 aliphatic carbocycles. The first-order valence-corrected chi connectivity index (χ1v) is 9.62. The third-order valence-corrected chi connectivity index (χ3v) is 6.20. The molecular formula is C18H29N5O2. The van der Waals surface area contributed by atoms with E-state index in [9.17, 15) is 9.90 Å². The van der Waals surface area contributed by atoms with Crippen LogP contribution in [0.2, 0.25) is 0 Å². The number of imidazole rings is 1. The fourth-order valence-corrected chi connectivity index (χ4v) is 4.89. The third kappa shape index (κ3) is 2.88. The number of aliphatic hydroxyl groups excluding tert-OH is 1. The molecule has 3 N–H and O–H groups in total. The van der Waals surface area contributed by atoms with Gasteiger partial charge < -0.3 is 20.3 Å². The third-order valence-electron chi connectivity index (χ3n) is 6.20. The van der Waals surface area contributed by atoms with Gasteiger partial charge in [0, 0.05) is 38.3 Å². The molecule has 4 rings (SSSR count). The molecule has 0 bridgehead atoms. The summed E-state index contributed by atoms with van der Waals surface area (Å²) in [6, 6.07) is -0.219. The molecule has 0 aromatic carbocycles. The molecule has 1 aromatic rings. The first kappa shape index (κ1) is 17.0. The van der Waals surface area contributed by atoms with Crippen LogP contribution in [0, 0.1) is 0 Å². The molecule has 1 spiro atoms. The highest BCUT2D eigenvalue weighted by atomic mass is 16.3. The minimum absolute atomic E-state index is 0.0248. The molecular weight excluding hydrogens is 318 g/mol. The van der Waals surface area contributed by atoms with Crippen LogP contribution in [-0.4, -0.2) is 75.7 Å². The Bertz CT molecular complexity index is 623. The van der Waals surface area contributed by atoms with Gasteiger partial charge in [0.15, 0.2) is 0 Å². The number of rotatable bonds is 3. The van der Waals surface area contributed by atoms with Gasteiger partial charge in [-0.15, -0.1) is 0 Å². The highest BCUT2D eigenvalue weighted by Crippen LogP contribution is 2.42. The van der Waals surface area contributed by atoms with Crippen LogP contribution in [0.5, 0.6) is 0 Å². The molecule has 2 unspecified atom stereocenters. The van der Waals surface area contributed by atoms with Gasteiger partial charge >= 0.3 is 0 Å². The van der Waals surface area contributed by atoms with Crippen LogP contribution in [0.1, 0.15) is 44.0 Å². The molecule has 138 valence electrons. The smallest absolute Gasteiger partial charge is 0.239 e. The summed E-state index contributed by atoms with van der Waals surface area (Å²) in [5.74, 6) is 0.145. The van der Waals surface area contributed by atoms with E-state index in [0.717, 1.165) is 51.9 Å². The number of hydrogen-bond acceptors (Lipinski definition) is 5. The van der Waals surface area contributed by atoms with Crippen molar-refractivity contribution in [1.29, 1.82) is 0 Å². The fourth-order valence-electron chi connectivity index (χ4n) is 4.89. The maximum Gasteiger partial charge on any atom is 0.239 e. The van der Waals surface area contributed by atoms with Crippen molar-refractivity contribution >= 4 is 5.91 Å². The molecule has 7 heteroatoms. The summed E-state index contributed by atoms with van der Waals surface area (Å²) < 4.78 is 0. The van der Waals surface area contributed by atoms with Crippen molar-refractivity contribution in [2.75, 3.05) is 32.7 Å². The average Bonchev–Trinajstić information content (AvgIpc) is 3.27. The molecule has 0 saturated carbocycles. The van der Waals surface area contributed by atoms with Crippen LogP contribution < -0.4 is 5.32 Å². The number of nitrogens with one attached hydrogen (secondary N) is 2. The molecule has 3 aliphatic rings. The number of nitrogens with zero attached hydrogens (tertiary/aromatic N) is 3. The second-order valence-corrected chi connectivity index (χ2v) is 7.67. The van der Waals surface area contributed by atoms with Crippen LogP contribution in [-0.2, 0) is 16.8 Å². The zero-order valence-electron chi connectivity index (χ0n) is 15.0. The Hall–Kier alpha value is -1.44. The number of fused-ring (bicyclic) bond motifs is 2. The number of carbonyl (C=O) groups excluding carboxylic acids is 1. The summed E-state index contributed by atoms with van der Waals surface area (Å²) in [4.78, 5) is 25.3. The van der Waals surface area contributed by atoms with Crippen LogP contribution in [0.4, 0.5) is 0 Å². The normalized spacial score (nSPS) is 29.1. The predicted octanol–water partition coefficient (Wildman–Crippen LogP) is 0.218. The van der Waals surface area contributed by atoms with Crippen molar-refractivity contribution in [3.63, 3.8) is 0 Å². The standard InChI is InChI=1S/C18H29N5O2/c1-2-6-23-7-3-14-16(21-12-20-14)18(23)4-8-22(9-5-18)17(25)15-10-13(24)11-19-15/h12-13,15,19,24H,2-11H2,1H3,(H,20,21). The SMILES string of the molecule is CCCN1CCc2[nH]cnc2C12CCN(C(=O)C1CC(O)CN1)CC2. The maximum absolute atomic E-state index is 12.7. The van der Waals surface area contributed by atoms with Gasteiger partial charge in [-0.3, -0.25) is 9.69 Å². The van der Waals surface area contributed by atoms with Gasteiger partial charge in [-0.05, 0) is 32.2 Å². The first-order chi connectivity index (χ1) is 12.1. The van der Waals surface area contributed by atoms with Crippen molar-refractivity contribution in [2.24, 2.45) is 0 Å². The number of carbonyl (C=O) groups is 1. The Morgan fingerprint density at radius 1 is 1.40 bits per heavy atom. The summed E-state index contributed by atoms with van der Waals surface area (Å²) in [5, 5.41) is 12.8. The van der Waals surface area contributed by atoms with Crippen molar-refractivity contribution in [2.45, 2.75) is 56.7 Å². The van der Waals surface area contributed by atoms with Gasteiger partial charge in [-0.25, -0.2) is 4.98 Å². The molecule has 25 heavy (non-hydrogen) atoms. The molecule has 1 amide bonds. The van der Waals surface area contributed by atoms with E-state index in [2.05, 4.69) is 27.1 Å². The van der Waals surface area contributed by atoms with Crippen LogP contribution in [0.15, 0.2) is 6.33 Å². The van der Waals surface area contributed by atoms with E-state index in [0.29, 0.717) is 13.0 Å². The van der Waals surface area contributed by atoms with Gasteiger partial charge in [0.1, 0.15) is 0 Å². The Morgan fingerprint density at radius 3 is 2.88 bits per heavy atom. The summed E-state index contributed by atoms with van der Waals surface area (Å²) in [5.41, 5.74) is 2.45. The van der Waals surface area contributed by atoms with Crippen molar-refractivity contribution < 1.29 is 9.90 Å². The lowest BCUT2D eigenvalue weighted by atomic mass is 9.78. The summed E-state index contributed by atoms with van der Waals surface area (Å²) in [6.07, 6.45) is 6.00. The molecule has 2 atom stereocenters. The second-order valence-electron chi connectivity index (χ2n) is 7.67. The Kier molecular flexibility index (Phi) is 4.56. The number of piperidine rings is 1. The second kappa shape index (κ2) is 6.70. The predicted molar refractivity (Wildman–Crippen MR) is 94.1 cm³/mol. The first-order valence-electron chi connectivity index (χ1n) is 9.62. The molecule has 2 saturated heterocycles. The van der Waals surface area contributed by atoms with Gasteiger partial charge in [0.25, 0.3) is 0 Å². The topological polar surface area (TPSA) is 84.5 Å². The van der Waals surface area contributed by atoms with E-state index in [1.54, 1.807) is 0 Å². The van der Waals surface area contributed by atoms with E-state index in [1.165, 1.54) is 11.4 Å². The molecule has 0 radical (unpaired) electrons. The van der Waals surface area contributed by atoms with E-state index < -0.39 is 6.10 Å². The van der Waals surface area contributed by atoms with E-state index in [1.807, 2.05) is 11.2 Å². The number of aliphatic hydroxyl groups is 1. The Morgan fingerprint density at radius 2 is 2.20 bits per heavy atom. The molecule has 3 aliphatic heterocycles. The molecule has 7 nitrogen and oxygen atoms in total. The summed E-state index contributed by atoms with van der Waals surface area (Å²) in [6.45, 7) is 6.42. The highest BCUT2D eigenvalue weighted by Gasteiger charge is 2.47. The van der Waals surface area contributed by atoms with Crippen molar-refractivity contribution in [1.82, 2.24) is 25.1 Å². The number of aromatic nitrogens is 2. The minimum atomic E-state index is -0.393. The number of likely N-dealkylation sites (tertiary alicyclic amines) is 1. The van der Waals surface area contributed by atoms with Crippen molar-refractivity contribution in [3.05, 3.63) is 17.7 Å². The fraction of sp³-hybridized carbons (Fsp3) is 0.778. The van der Waals surface area contributed by atoms with Crippen LogP contribution in [0.3, 0.4) is 0 Å². The highest BCUT2D eigenvalue weighted by molar-refractivity contribution is 5.82.